The largest absolute Gasteiger partial charge is 0.481 e. The van der Waals surface area contributed by atoms with Gasteiger partial charge in [0.25, 0.3) is 0 Å². The van der Waals surface area contributed by atoms with E-state index in [-0.39, 0.29) is 22.5 Å². The first-order valence-electron chi connectivity index (χ1n) is 7.27. The molecule has 1 amide bonds. The van der Waals surface area contributed by atoms with E-state index in [1.807, 2.05) is 0 Å². The lowest BCUT2D eigenvalue weighted by atomic mass is 9.82. The number of benzene rings is 1. The number of alkyl halides is 3. The minimum Gasteiger partial charge on any atom is -0.481 e. The zero-order valence-electron chi connectivity index (χ0n) is 12.2. The Morgan fingerprint density at radius 3 is 2.38 bits per heavy atom. The minimum absolute atomic E-state index is 0.0399. The molecule has 1 fully saturated rings. The van der Waals surface area contributed by atoms with Crippen molar-refractivity contribution in [2.75, 3.05) is 5.32 Å². The fraction of sp³-hybridized carbons (Fsp3) is 0.375. The Balaban J connectivity index is 1.85. The van der Waals surface area contributed by atoms with E-state index in [1.165, 1.54) is 0 Å². The maximum atomic E-state index is 12.8. The maximum Gasteiger partial charge on any atom is 0.416 e. The molecule has 0 heterocycles. The van der Waals surface area contributed by atoms with Crippen LogP contribution in [0.3, 0.4) is 0 Å². The number of amides is 1. The number of carbonyl (C=O) groups excluding carboxylic acids is 1. The van der Waals surface area contributed by atoms with Crippen LogP contribution in [0.5, 0.6) is 0 Å². The van der Waals surface area contributed by atoms with Crippen molar-refractivity contribution in [1.29, 1.82) is 0 Å². The number of hydrogen-bond acceptors (Lipinski definition) is 2. The van der Waals surface area contributed by atoms with Gasteiger partial charge in [0.15, 0.2) is 0 Å². The Morgan fingerprint density at radius 1 is 1.17 bits per heavy atom. The maximum absolute atomic E-state index is 12.8. The van der Waals surface area contributed by atoms with Gasteiger partial charge in [0.1, 0.15) is 0 Å². The van der Waals surface area contributed by atoms with E-state index < -0.39 is 35.5 Å². The summed E-state index contributed by atoms with van der Waals surface area (Å²) in [6.45, 7) is 0. The molecule has 4 atom stereocenters. The Labute approximate surface area is 140 Å². The highest BCUT2D eigenvalue weighted by Gasteiger charge is 2.51. The number of halogens is 4. The Hall–Kier alpha value is -2.02. The van der Waals surface area contributed by atoms with Crippen molar-refractivity contribution in [3.8, 4) is 0 Å². The predicted molar refractivity (Wildman–Crippen MR) is 80.4 cm³/mol. The summed E-state index contributed by atoms with van der Waals surface area (Å²) in [4.78, 5) is 23.9. The second kappa shape index (κ2) is 5.81. The number of carboxylic acid groups (broad SMARTS) is 1. The molecule has 2 aliphatic rings. The molecular weight excluding hydrogens is 347 g/mol. The first-order valence-corrected chi connectivity index (χ1v) is 7.65. The number of allylic oxidation sites excluding steroid dienone is 2. The standard InChI is InChI=1S/C16H13ClF3NO3/c17-10-4-3-9(16(18,19)20)6-11(10)21-14(22)12-7-1-2-8(5-7)13(12)15(23)24/h1-4,6-8,12-13H,5H2,(H,21,22)(H,23,24)/t7-,8+,12-,13-/m0/s1. The molecule has 2 N–H and O–H groups in total. The average Bonchev–Trinajstić information content (AvgIpc) is 3.08. The van der Waals surface area contributed by atoms with Gasteiger partial charge in [-0.1, -0.05) is 23.8 Å². The lowest BCUT2D eigenvalue weighted by molar-refractivity contribution is -0.146. The second-order valence-electron chi connectivity index (χ2n) is 6.02. The number of nitrogens with one attached hydrogen (secondary N) is 1. The molecule has 3 rings (SSSR count). The van der Waals surface area contributed by atoms with Crippen LogP contribution in [0.2, 0.25) is 5.02 Å². The highest BCUT2D eigenvalue weighted by atomic mass is 35.5. The molecule has 0 radical (unpaired) electrons. The van der Waals surface area contributed by atoms with Crippen LogP contribution in [0, 0.1) is 23.7 Å². The van der Waals surface area contributed by atoms with Crippen LogP contribution < -0.4 is 5.32 Å². The number of carboxylic acids is 1. The van der Waals surface area contributed by atoms with Crippen molar-refractivity contribution >= 4 is 29.2 Å². The lowest BCUT2D eigenvalue weighted by Gasteiger charge is -2.24. The van der Waals surface area contributed by atoms with E-state index in [2.05, 4.69) is 5.32 Å². The number of rotatable bonds is 3. The van der Waals surface area contributed by atoms with Crippen molar-refractivity contribution in [1.82, 2.24) is 0 Å². The Morgan fingerprint density at radius 2 is 1.79 bits per heavy atom. The van der Waals surface area contributed by atoms with E-state index in [9.17, 15) is 27.9 Å². The molecule has 0 aromatic heterocycles. The molecule has 24 heavy (non-hydrogen) atoms. The molecule has 1 aromatic rings. The predicted octanol–water partition coefficient (Wildman–Crippen LogP) is 3.82. The van der Waals surface area contributed by atoms with Crippen molar-refractivity contribution < 1.29 is 27.9 Å². The Bertz CT molecular complexity index is 732. The van der Waals surface area contributed by atoms with Gasteiger partial charge in [0, 0.05) is 0 Å². The van der Waals surface area contributed by atoms with E-state index in [1.54, 1.807) is 12.2 Å². The van der Waals surface area contributed by atoms with E-state index >= 15 is 0 Å². The van der Waals surface area contributed by atoms with Gasteiger partial charge in [0.2, 0.25) is 5.91 Å². The van der Waals surface area contributed by atoms with Crippen molar-refractivity contribution in [3.63, 3.8) is 0 Å². The smallest absolute Gasteiger partial charge is 0.416 e. The highest BCUT2D eigenvalue weighted by molar-refractivity contribution is 6.33. The van der Waals surface area contributed by atoms with Gasteiger partial charge in [-0.05, 0) is 36.5 Å². The van der Waals surface area contributed by atoms with Gasteiger partial charge in [-0.25, -0.2) is 0 Å². The summed E-state index contributed by atoms with van der Waals surface area (Å²) in [5.41, 5.74) is -1.11. The SMILES string of the molecule is O=C(O)[C@@H]1[C@@H](C(=O)Nc2cc(C(F)(F)F)ccc2Cl)[C@H]2C=C[C@@H]1C2. The number of fused-ring (bicyclic) bond motifs is 2. The van der Waals surface area contributed by atoms with Crippen LogP contribution in [0.4, 0.5) is 18.9 Å². The summed E-state index contributed by atoms with van der Waals surface area (Å²) in [6, 6.07) is 2.62. The van der Waals surface area contributed by atoms with Gasteiger partial charge in [-0.3, -0.25) is 9.59 Å². The molecule has 0 spiro atoms. The van der Waals surface area contributed by atoms with Crippen LogP contribution in [-0.4, -0.2) is 17.0 Å². The van der Waals surface area contributed by atoms with Gasteiger partial charge in [-0.2, -0.15) is 13.2 Å². The molecule has 2 bridgehead atoms. The number of anilines is 1. The minimum atomic E-state index is -4.57. The van der Waals surface area contributed by atoms with Crippen molar-refractivity contribution in [3.05, 3.63) is 40.9 Å². The first-order chi connectivity index (χ1) is 11.2. The summed E-state index contributed by atoms with van der Waals surface area (Å²) in [5, 5.41) is 11.7. The normalized spacial score (nSPS) is 28.2. The molecular formula is C16H13ClF3NO3. The molecule has 1 saturated carbocycles. The van der Waals surface area contributed by atoms with Gasteiger partial charge in [0.05, 0.1) is 28.1 Å². The van der Waals surface area contributed by atoms with E-state index in [4.69, 9.17) is 11.6 Å². The topological polar surface area (TPSA) is 66.4 Å². The van der Waals surface area contributed by atoms with Crippen LogP contribution in [-0.2, 0) is 15.8 Å². The van der Waals surface area contributed by atoms with Crippen LogP contribution >= 0.6 is 11.6 Å². The molecule has 0 unspecified atom stereocenters. The van der Waals surface area contributed by atoms with E-state index in [0.717, 1.165) is 18.2 Å². The van der Waals surface area contributed by atoms with Gasteiger partial charge in [-0.15, -0.1) is 0 Å². The summed E-state index contributed by atoms with van der Waals surface area (Å²) in [7, 11) is 0. The van der Waals surface area contributed by atoms with Crippen LogP contribution in [0.25, 0.3) is 0 Å². The zero-order chi connectivity index (χ0) is 17.6. The van der Waals surface area contributed by atoms with Crippen molar-refractivity contribution in [2.24, 2.45) is 23.7 Å². The van der Waals surface area contributed by atoms with Crippen LogP contribution in [0.1, 0.15) is 12.0 Å². The number of hydrogen-bond donors (Lipinski definition) is 2. The lowest BCUT2D eigenvalue weighted by Crippen LogP contribution is -2.36. The monoisotopic (exact) mass is 359 g/mol. The highest BCUT2D eigenvalue weighted by Crippen LogP contribution is 2.48. The summed E-state index contributed by atoms with van der Waals surface area (Å²) < 4.78 is 38.4. The van der Waals surface area contributed by atoms with E-state index in [0.29, 0.717) is 6.42 Å². The number of carbonyl (C=O) groups is 2. The molecule has 8 heteroatoms. The van der Waals surface area contributed by atoms with Crippen LogP contribution in [0.15, 0.2) is 30.4 Å². The molecule has 4 nitrogen and oxygen atoms in total. The average molecular weight is 360 g/mol. The summed E-state index contributed by atoms with van der Waals surface area (Å²) in [5.74, 6) is -3.84. The number of aliphatic carboxylic acids is 1. The third kappa shape index (κ3) is 2.88. The fourth-order valence-corrected chi connectivity index (χ4v) is 3.69. The second-order valence-corrected chi connectivity index (χ2v) is 6.43. The zero-order valence-corrected chi connectivity index (χ0v) is 12.9. The third-order valence-electron chi connectivity index (χ3n) is 4.60. The first kappa shape index (κ1) is 16.8. The summed E-state index contributed by atoms with van der Waals surface area (Å²) in [6.07, 6.45) is -0.430. The quantitative estimate of drug-likeness (QED) is 0.806. The fourth-order valence-electron chi connectivity index (χ4n) is 3.53. The molecule has 0 aliphatic heterocycles. The molecule has 128 valence electrons. The van der Waals surface area contributed by atoms with Gasteiger partial charge >= 0.3 is 12.1 Å². The van der Waals surface area contributed by atoms with Gasteiger partial charge < -0.3 is 10.4 Å². The van der Waals surface area contributed by atoms with Crippen molar-refractivity contribution in [2.45, 2.75) is 12.6 Å². The molecule has 0 saturated heterocycles. The molecule has 1 aromatic carbocycles. The summed E-state index contributed by atoms with van der Waals surface area (Å²) >= 11 is 5.86. The third-order valence-corrected chi connectivity index (χ3v) is 4.93. The Kier molecular flexibility index (Phi) is 4.07. The molecule has 2 aliphatic carbocycles.